The third-order valence-corrected chi connectivity index (χ3v) is 3.75. The number of fused-ring (bicyclic) bond motifs is 2. The third kappa shape index (κ3) is 1.93. The molecule has 4 nitrogen and oxygen atoms in total. The number of nitrogens with zero attached hydrogens (tertiary/aromatic N) is 1. The zero-order valence-electron chi connectivity index (χ0n) is 11.6. The molecule has 4 rings (SSSR count). The SMILES string of the molecule is O=C1Nc2ccccc2/C1=C\c1cc(O)cc2ncccc12. The van der Waals surface area contributed by atoms with Crippen molar-refractivity contribution in [2.45, 2.75) is 0 Å². The van der Waals surface area contributed by atoms with E-state index in [0.717, 1.165) is 22.2 Å². The van der Waals surface area contributed by atoms with E-state index in [1.54, 1.807) is 24.4 Å². The maximum absolute atomic E-state index is 12.2. The summed E-state index contributed by atoms with van der Waals surface area (Å²) in [7, 11) is 0. The molecule has 0 spiro atoms. The Morgan fingerprint density at radius 2 is 1.95 bits per heavy atom. The van der Waals surface area contributed by atoms with E-state index in [4.69, 9.17) is 0 Å². The van der Waals surface area contributed by atoms with Crippen LogP contribution in [0.15, 0.2) is 54.7 Å². The predicted octanol–water partition coefficient (Wildman–Crippen LogP) is 3.43. The fourth-order valence-electron chi connectivity index (χ4n) is 2.75. The van der Waals surface area contributed by atoms with Crippen LogP contribution >= 0.6 is 0 Å². The maximum Gasteiger partial charge on any atom is 0.256 e. The van der Waals surface area contributed by atoms with Gasteiger partial charge in [-0.15, -0.1) is 0 Å². The highest BCUT2D eigenvalue weighted by Crippen LogP contribution is 2.34. The molecule has 0 saturated heterocycles. The molecule has 0 atom stereocenters. The number of benzene rings is 2. The number of phenolic OH excluding ortho intramolecular Hbond substituents is 1. The Hall–Kier alpha value is -3.14. The second kappa shape index (κ2) is 4.70. The quantitative estimate of drug-likeness (QED) is 0.674. The summed E-state index contributed by atoms with van der Waals surface area (Å²) < 4.78 is 0. The summed E-state index contributed by atoms with van der Waals surface area (Å²) in [4.78, 5) is 16.4. The van der Waals surface area contributed by atoms with Crippen LogP contribution in [0.25, 0.3) is 22.6 Å². The topological polar surface area (TPSA) is 62.2 Å². The number of phenols is 1. The van der Waals surface area contributed by atoms with Crippen molar-refractivity contribution >= 4 is 34.1 Å². The van der Waals surface area contributed by atoms with Gasteiger partial charge in [0.05, 0.1) is 5.52 Å². The summed E-state index contributed by atoms with van der Waals surface area (Å²) in [6.07, 6.45) is 3.47. The Morgan fingerprint density at radius 3 is 2.86 bits per heavy atom. The van der Waals surface area contributed by atoms with Gasteiger partial charge >= 0.3 is 0 Å². The lowest BCUT2D eigenvalue weighted by atomic mass is 10.0. The normalized spacial score (nSPS) is 15.1. The van der Waals surface area contributed by atoms with Crippen LogP contribution in [0.3, 0.4) is 0 Å². The number of carbonyl (C=O) groups excluding carboxylic acids is 1. The van der Waals surface area contributed by atoms with Crippen LogP contribution in [-0.2, 0) is 4.79 Å². The number of pyridine rings is 1. The van der Waals surface area contributed by atoms with Gasteiger partial charge in [-0.1, -0.05) is 24.3 Å². The molecule has 1 aromatic heterocycles. The number of carbonyl (C=O) groups is 1. The molecule has 106 valence electrons. The number of aromatic hydroxyl groups is 1. The first-order valence-electron chi connectivity index (χ1n) is 6.92. The van der Waals surface area contributed by atoms with Crippen LogP contribution in [0, 0.1) is 0 Å². The van der Waals surface area contributed by atoms with Gasteiger partial charge in [-0.25, -0.2) is 0 Å². The average Bonchev–Trinajstić information content (AvgIpc) is 2.83. The van der Waals surface area contributed by atoms with Crippen molar-refractivity contribution in [2.75, 3.05) is 5.32 Å². The third-order valence-electron chi connectivity index (χ3n) is 3.75. The van der Waals surface area contributed by atoms with Crippen molar-refractivity contribution < 1.29 is 9.90 Å². The summed E-state index contributed by atoms with van der Waals surface area (Å²) in [5.41, 5.74) is 3.73. The number of rotatable bonds is 1. The number of hydrogen-bond acceptors (Lipinski definition) is 3. The van der Waals surface area contributed by atoms with Crippen LogP contribution in [0.4, 0.5) is 5.69 Å². The molecule has 2 N–H and O–H groups in total. The minimum atomic E-state index is -0.137. The monoisotopic (exact) mass is 288 g/mol. The zero-order valence-corrected chi connectivity index (χ0v) is 11.6. The Kier molecular flexibility index (Phi) is 2.69. The van der Waals surface area contributed by atoms with Gasteiger partial charge in [0.25, 0.3) is 5.91 Å². The predicted molar refractivity (Wildman–Crippen MR) is 86.4 cm³/mol. The minimum absolute atomic E-state index is 0.129. The molecule has 0 unspecified atom stereocenters. The van der Waals surface area contributed by atoms with Gasteiger partial charge < -0.3 is 10.4 Å². The smallest absolute Gasteiger partial charge is 0.256 e. The molecular weight excluding hydrogens is 276 g/mol. The number of para-hydroxylation sites is 1. The lowest BCUT2D eigenvalue weighted by Gasteiger charge is -2.04. The Morgan fingerprint density at radius 1 is 1.09 bits per heavy atom. The second-order valence-corrected chi connectivity index (χ2v) is 5.16. The minimum Gasteiger partial charge on any atom is -0.508 e. The molecule has 4 heteroatoms. The molecule has 22 heavy (non-hydrogen) atoms. The fourth-order valence-corrected chi connectivity index (χ4v) is 2.75. The van der Waals surface area contributed by atoms with Crippen LogP contribution in [0.2, 0.25) is 0 Å². The summed E-state index contributed by atoms with van der Waals surface area (Å²) >= 11 is 0. The van der Waals surface area contributed by atoms with Crippen molar-refractivity contribution in [3.8, 4) is 5.75 Å². The van der Waals surface area contributed by atoms with Gasteiger partial charge in [-0.2, -0.15) is 0 Å². The first-order chi connectivity index (χ1) is 10.7. The molecule has 1 amide bonds. The molecule has 1 aliphatic heterocycles. The molecule has 0 aliphatic carbocycles. The van der Waals surface area contributed by atoms with E-state index >= 15 is 0 Å². The Labute approximate surface area is 126 Å². The standard InChI is InChI=1S/C18H12N2O2/c21-12-8-11(13-5-3-7-19-17(13)10-12)9-15-14-4-1-2-6-16(14)20-18(15)22/h1-10,21H,(H,20,22)/b15-9+. The molecule has 2 heterocycles. The van der Waals surface area contributed by atoms with E-state index in [1.165, 1.54) is 0 Å². The van der Waals surface area contributed by atoms with Crippen LogP contribution in [-0.4, -0.2) is 16.0 Å². The van der Waals surface area contributed by atoms with Gasteiger partial charge in [-0.05, 0) is 29.8 Å². The van der Waals surface area contributed by atoms with Crippen LogP contribution in [0.5, 0.6) is 5.75 Å². The van der Waals surface area contributed by atoms with Crippen molar-refractivity contribution in [3.05, 3.63) is 65.9 Å². The molecule has 0 bridgehead atoms. The molecule has 2 aromatic carbocycles. The van der Waals surface area contributed by atoms with E-state index in [-0.39, 0.29) is 11.7 Å². The fraction of sp³-hybridized carbons (Fsp3) is 0. The van der Waals surface area contributed by atoms with E-state index in [0.29, 0.717) is 11.1 Å². The number of amides is 1. The van der Waals surface area contributed by atoms with Crippen molar-refractivity contribution in [1.29, 1.82) is 0 Å². The summed E-state index contributed by atoms with van der Waals surface area (Å²) in [5, 5.41) is 13.6. The van der Waals surface area contributed by atoms with E-state index in [2.05, 4.69) is 10.3 Å². The van der Waals surface area contributed by atoms with Gasteiger partial charge in [0.1, 0.15) is 5.75 Å². The molecule has 0 radical (unpaired) electrons. The van der Waals surface area contributed by atoms with Gasteiger partial charge in [0, 0.05) is 34.5 Å². The largest absolute Gasteiger partial charge is 0.508 e. The highest BCUT2D eigenvalue weighted by Gasteiger charge is 2.23. The number of nitrogens with one attached hydrogen (secondary N) is 1. The van der Waals surface area contributed by atoms with E-state index in [9.17, 15) is 9.90 Å². The van der Waals surface area contributed by atoms with Gasteiger partial charge in [-0.3, -0.25) is 9.78 Å². The lowest BCUT2D eigenvalue weighted by molar-refractivity contribution is -0.110. The van der Waals surface area contributed by atoms with E-state index in [1.807, 2.05) is 36.4 Å². The molecule has 1 aliphatic rings. The number of anilines is 1. The maximum atomic E-state index is 12.2. The summed E-state index contributed by atoms with van der Waals surface area (Å²) in [6, 6.07) is 14.6. The van der Waals surface area contributed by atoms with Crippen molar-refractivity contribution in [1.82, 2.24) is 4.98 Å². The highest BCUT2D eigenvalue weighted by atomic mass is 16.3. The van der Waals surface area contributed by atoms with Crippen LogP contribution < -0.4 is 5.32 Å². The summed E-state index contributed by atoms with van der Waals surface area (Å²) in [6.45, 7) is 0. The second-order valence-electron chi connectivity index (χ2n) is 5.16. The van der Waals surface area contributed by atoms with Crippen molar-refractivity contribution in [2.24, 2.45) is 0 Å². The van der Waals surface area contributed by atoms with Crippen LogP contribution in [0.1, 0.15) is 11.1 Å². The van der Waals surface area contributed by atoms with Crippen molar-refractivity contribution in [3.63, 3.8) is 0 Å². The highest BCUT2D eigenvalue weighted by molar-refractivity contribution is 6.35. The molecule has 3 aromatic rings. The first kappa shape index (κ1) is 12.6. The van der Waals surface area contributed by atoms with E-state index < -0.39 is 0 Å². The Bertz CT molecular complexity index is 945. The summed E-state index contributed by atoms with van der Waals surface area (Å²) in [5.74, 6) is -0.00803. The zero-order chi connectivity index (χ0) is 15.1. The van der Waals surface area contributed by atoms with Gasteiger partial charge in [0.2, 0.25) is 0 Å². The van der Waals surface area contributed by atoms with Gasteiger partial charge in [0.15, 0.2) is 0 Å². The lowest BCUT2D eigenvalue weighted by Crippen LogP contribution is -2.03. The molecule has 0 fully saturated rings. The number of aromatic nitrogens is 1. The Balaban J connectivity index is 1.96. The molecule has 0 saturated carbocycles. The number of hydrogen-bond donors (Lipinski definition) is 2. The molecular formula is C18H12N2O2. The first-order valence-corrected chi connectivity index (χ1v) is 6.92. The average molecular weight is 288 g/mol.